The lowest BCUT2D eigenvalue weighted by Gasteiger charge is -2.38. The average Bonchev–Trinajstić information content (AvgIpc) is 3.37. The van der Waals surface area contributed by atoms with Gasteiger partial charge < -0.3 is 41.7 Å². The van der Waals surface area contributed by atoms with Gasteiger partial charge in [-0.15, -0.1) is 0 Å². The van der Waals surface area contributed by atoms with Gasteiger partial charge in [0.25, 0.3) is 0 Å². The number of hydrogen-bond donors (Lipinski definition) is 6. The highest BCUT2D eigenvalue weighted by Gasteiger charge is 2.40. The number of fused-ring (bicyclic) bond motifs is 2. The Labute approximate surface area is 399 Å². The van der Waals surface area contributed by atoms with Crippen molar-refractivity contribution in [2.45, 2.75) is 115 Å². The van der Waals surface area contributed by atoms with Crippen molar-refractivity contribution in [2.24, 2.45) is 0 Å². The number of amides is 6. The van der Waals surface area contributed by atoms with E-state index < -0.39 is 59.9 Å². The van der Waals surface area contributed by atoms with E-state index in [9.17, 15) is 28.8 Å². The molecule has 0 radical (unpaired) electrons. The van der Waals surface area contributed by atoms with Crippen LogP contribution in [0.1, 0.15) is 86.0 Å². The summed E-state index contributed by atoms with van der Waals surface area (Å²) in [7, 11) is 3.27. The van der Waals surface area contributed by atoms with Gasteiger partial charge in [-0.25, -0.2) is 0 Å². The number of rotatable bonds is 16. The van der Waals surface area contributed by atoms with Crippen LogP contribution in [0.15, 0.2) is 109 Å². The van der Waals surface area contributed by atoms with Gasteiger partial charge in [0.15, 0.2) is 0 Å². The maximum Gasteiger partial charge on any atom is 0.247 e. The lowest BCUT2D eigenvalue weighted by Crippen LogP contribution is -2.58. The quantitative estimate of drug-likeness (QED) is 0.0923. The molecule has 14 heteroatoms. The molecule has 0 bridgehead atoms. The number of nitrogens with zero attached hydrogens (tertiary/aromatic N) is 2. The van der Waals surface area contributed by atoms with Gasteiger partial charge in [0, 0.05) is 38.8 Å². The maximum absolute atomic E-state index is 14.6. The van der Waals surface area contributed by atoms with Gasteiger partial charge in [-0.1, -0.05) is 121 Å². The van der Waals surface area contributed by atoms with Crippen molar-refractivity contribution < 1.29 is 28.8 Å². The van der Waals surface area contributed by atoms with E-state index in [0.717, 1.165) is 33.4 Å². The second kappa shape index (κ2) is 24.0. The minimum absolute atomic E-state index is 0.132. The Morgan fingerprint density at radius 2 is 0.838 bits per heavy atom. The summed E-state index contributed by atoms with van der Waals surface area (Å²) in [6, 6.07) is 28.6. The summed E-state index contributed by atoms with van der Waals surface area (Å²) in [5, 5.41) is 17.7. The number of carbonyl (C=O) groups excluding carboxylic acids is 6. The van der Waals surface area contributed by atoms with Gasteiger partial charge in [-0.2, -0.15) is 0 Å². The van der Waals surface area contributed by atoms with Crippen molar-refractivity contribution in [2.75, 3.05) is 14.1 Å². The van der Waals surface area contributed by atoms with Crippen molar-refractivity contribution in [3.63, 3.8) is 0 Å². The first kappa shape index (κ1) is 50.2. The zero-order chi connectivity index (χ0) is 48.7. The first-order valence-electron chi connectivity index (χ1n) is 23.2. The molecule has 14 nitrogen and oxygen atoms in total. The molecule has 4 aromatic carbocycles. The molecule has 6 rings (SSSR count). The molecule has 6 N–H and O–H groups in total. The summed E-state index contributed by atoms with van der Waals surface area (Å²) < 4.78 is 0. The summed E-state index contributed by atoms with van der Waals surface area (Å²) in [6.07, 6.45) is 0.302. The van der Waals surface area contributed by atoms with Crippen molar-refractivity contribution in [1.29, 1.82) is 0 Å². The van der Waals surface area contributed by atoms with E-state index in [-0.39, 0.29) is 62.7 Å². The van der Waals surface area contributed by atoms with Crippen molar-refractivity contribution in [1.82, 2.24) is 41.7 Å². The monoisotopic (exact) mass is 918 g/mol. The Bertz CT molecular complexity index is 2390. The fourth-order valence-corrected chi connectivity index (χ4v) is 8.30. The predicted octanol–water partition coefficient (Wildman–Crippen LogP) is 3.62. The summed E-state index contributed by atoms with van der Waals surface area (Å²) in [5.41, 5.74) is 5.54. The first-order valence-corrected chi connectivity index (χ1v) is 23.2. The smallest absolute Gasteiger partial charge is 0.247 e. The highest BCUT2D eigenvalue weighted by Crippen LogP contribution is 2.27. The van der Waals surface area contributed by atoms with Gasteiger partial charge >= 0.3 is 0 Å². The van der Waals surface area contributed by atoms with Crippen molar-refractivity contribution in [3.05, 3.63) is 143 Å². The topological polar surface area (TPSA) is 181 Å². The van der Waals surface area contributed by atoms with Crippen LogP contribution < -0.4 is 31.9 Å². The van der Waals surface area contributed by atoms with Crippen LogP contribution in [-0.4, -0.2) is 95.6 Å². The molecule has 0 unspecified atom stereocenters. The maximum atomic E-state index is 14.6. The molecular formula is C54H62N8O6. The molecule has 4 aromatic rings. The van der Waals surface area contributed by atoms with Crippen LogP contribution in [0.4, 0.5) is 0 Å². The Balaban J connectivity index is 1.23. The highest BCUT2D eigenvalue weighted by atomic mass is 16.2. The van der Waals surface area contributed by atoms with Crippen LogP contribution in [0.2, 0.25) is 0 Å². The lowest BCUT2D eigenvalue weighted by atomic mass is 9.92. The fraction of sp³-hybridized carbons (Fsp3) is 0.370. The summed E-state index contributed by atoms with van der Waals surface area (Å²) in [5.74, 6) is 8.98. The molecular weight excluding hydrogens is 857 g/mol. The number of likely N-dealkylation sites (N-methyl/N-ethyl adjacent to an activating group) is 2. The zero-order valence-corrected chi connectivity index (χ0v) is 39.6. The van der Waals surface area contributed by atoms with Crippen LogP contribution in [0.25, 0.3) is 0 Å². The largest absolute Gasteiger partial charge is 0.348 e. The molecule has 8 atom stereocenters. The van der Waals surface area contributed by atoms with Gasteiger partial charge in [0.1, 0.15) is 24.2 Å². The van der Waals surface area contributed by atoms with Crippen LogP contribution in [0, 0.1) is 23.7 Å². The van der Waals surface area contributed by atoms with E-state index in [1.54, 1.807) is 27.9 Å². The normalized spacial score (nSPS) is 17.6. The standard InChI is InChI=1S/C54H62N8O6/c1-35(39-21-11-9-12-22-39)57-51(65)47-31-41-25-17-19-27-43(41)33-61(47)53(67)45(59-49(63)37(3)55-5)29-15-7-8-16-30-46(60-50(64)38(4)56-6)54(68)62-34-44-28-20-18-26-42(44)32-48(62)52(66)58-36(2)40-23-13-10-14-24-40/h9-14,17-28,35-38,45-48,55-56H,29-34H2,1-6H3,(H,57,65)(H,58,66)(H,59,63)(H,60,64)/t35-,36-,37+,38+,45+,46+,47+,48+/m1/s1. The average molecular weight is 919 g/mol. The molecule has 2 aliphatic rings. The molecule has 0 spiro atoms. The molecule has 2 heterocycles. The van der Waals surface area contributed by atoms with Crippen molar-refractivity contribution >= 4 is 35.4 Å². The summed E-state index contributed by atoms with van der Waals surface area (Å²) in [6.45, 7) is 7.42. The summed E-state index contributed by atoms with van der Waals surface area (Å²) in [4.78, 5) is 86.9. The molecule has 68 heavy (non-hydrogen) atoms. The van der Waals surface area contributed by atoms with Crippen LogP contribution in [0.3, 0.4) is 0 Å². The number of nitrogens with one attached hydrogen (secondary N) is 6. The number of benzene rings is 4. The SMILES string of the molecule is CN[C@@H](C)C(=O)N[C@@H](CC#CC#CC[C@H](NC(=O)[C@H](C)NC)C(=O)N1Cc2ccccc2C[C@H]1C(=O)N[C@H](C)c1ccccc1)C(=O)N1Cc2ccccc2C[C@H]1C(=O)N[C@H](C)c1ccccc1. The van der Waals surface area contributed by atoms with E-state index in [1.807, 2.05) is 123 Å². The van der Waals surface area contributed by atoms with Crippen LogP contribution in [0.5, 0.6) is 0 Å². The zero-order valence-electron chi connectivity index (χ0n) is 39.6. The van der Waals surface area contributed by atoms with Gasteiger partial charge in [0.05, 0.1) is 24.2 Å². The van der Waals surface area contributed by atoms with E-state index in [2.05, 4.69) is 55.6 Å². The Hall–Kier alpha value is -7.26. The van der Waals surface area contributed by atoms with Crippen molar-refractivity contribution in [3.8, 4) is 23.7 Å². The molecule has 0 saturated carbocycles. The predicted molar refractivity (Wildman–Crippen MR) is 261 cm³/mol. The minimum Gasteiger partial charge on any atom is -0.348 e. The molecule has 354 valence electrons. The molecule has 0 aliphatic carbocycles. The van der Waals surface area contributed by atoms with Crippen LogP contribution in [-0.2, 0) is 54.7 Å². The second-order valence-corrected chi connectivity index (χ2v) is 17.3. The van der Waals surface area contributed by atoms with Gasteiger partial charge in [-0.3, -0.25) is 28.8 Å². The summed E-state index contributed by atoms with van der Waals surface area (Å²) >= 11 is 0. The van der Waals surface area contributed by atoms with E-state index >= 15 is 0 Å². The Morgan fingerprint density at radius 3 is 1.19 bits per heavy atom. The third-order valence-electron chi connectivity index (χ3n) is 12.7. The van der Waals surface area contributed by atoms with E-state index in [0.29, 0.717) is 0 Å². The fourth-order valence-electron chi connectivity index (χ4n) is 8.30. The van der Waals surface area contributed by atoms with Gasteiger partial charge in [-0.05, 0) is 87.0 Å². The lowest BCUT2D eigenvalue weighted by molar-refractivity contribution is -0.144. The van der Waals surface area contributed by atoms with Gasteiger partial charge in [0.2, 0.25) is 35.4 Å². The Kier molecular flexibility index (Phi) is 17.7. The van der Waals surface area contributed by atoms with E-state index in [4.69, 9.17) is 0 Å². The van der Waals surface area contributed by atoms with E-state index in [1.165, 1.54) is 9.80 Å². The number of hydrogen-bond acceptors (Lipinski definition) is 8. The number of carbonyl (C=O) groups is 6. The molecule has 0 aromatic heterocycles. The Morgan fingerprint density at radius 1 is 0.500 bits per heavy atom. The third kappa shape index (κ3) is 12.8. The first-order chi connectivity index (χ1) is 32.8. The highest BCUT2D eigenvalue weighted by molar-refractivity contribution is 5.95. The second-order valence-electron chi connectivity index (χ2n) is 17.3. The molecule has 6 amide bonds. The molecule has 0 saturated heterocycles. The molecule has 0 fully saturated rings. The third-order valence-corrected chi connectivity index (χ3v) is 12.7. The minimum atomic E-state index is -1.13. The van der Waals surface area contributed by atoms with Crippen LogP contribution >= 0.6 is 0 Å². The molecule has 2 aliphatic heterocycles.